The number of aromatic nitrogens is 3. The highest BCUT2D eigenvalue weighted by Gasteiger charge is 2.23. The Labute approximate surface area is 212 Å². The average Bonchev–Trinajstić information content (AvgIpc) is 3.59. The van der Waals surface area contributed by atoms with Crippen molar-refractivity contribution in [3.05, 3.63) is 102 Å². The van der Waals surface area contributed by atoms with Gasteiger partial charge in [0, 0.05) is 54.8 Å². The number of amides is 2. The smallest absolute Gasteiger partial charge is 0.407 e. The SMILES string of the molecule is CNC(=O)c1cccc(Cn2ccc(-c3cc(-c4ccc(F)cc4)ncc3C3=CCN(C(=O)O)C3)n2)c1. The molecule has 1 aliphatic rings. The molecule has 2 N–H and O–H groups in total. The number of hydrogen-bond acceptors (Lipinski definition) is 4. The van der Waals surface area contributed by atoms with E-state index in [1.165, 1.54) is 17.0 Å². The van der Waals surface area contributed by atoms with Crippen LogP contribution >= 0.6 is 0 Å². The highest BCUT2D eigenvalue weighted by Crippen LogP contribution is 2.33. The molecule has 9 heteroatoms. The summed E-state index contributed by atoms with van der Waals surface area (Å²) in [6.07, 6.45) is 4.48. The van der Waals surface area contributed by atoms with Gasteiger partial charge in [0.05, 0.1) is 17.9 Å². The van der Waals surface area contributed by atoms with Crippen molar-refractivity contribution in [3.8, 4) is 22.5 Å². The van der Waals surface area contributed by atoms with Crippen molar-refractivity contribution < 1.29 is 19.1 Å². The fraction of sp³-hybridized carbons (Fsp3) is 0.143. The Hall–Kier alpha value is -4.79. The Bertz CT molecular complexity index is 1510. The van der Waals surface area contributed by atoms with Crippen molar-refractivity contribution in [1.82, 2.24) is 25.0 Å². The van der Waals surface area contributed by atoms with Gasteiger partial charge in [-0.25, -0.2) is 9.18 Å². The molecule has 0 spiro atoms. The van der Waals surface area contributed by atoms with E-state index in [1.54, 1.807) is 36.1 Å². The Balaban J connectivity index is 1.50. The molecule has 3 heterocycles. The van der Waals surface area contributed by atoms with Gasteiger partial charge in [-0.05, 0) is 59.7 Å². The van der Waals surface area contributed by atoms with Crippen LogP contribution < -0.4 is 5.32 Å². The highest BCUT2D eigenvalue weighted by atomic mass is 19.1. The topological polar surface area (TPSA) is 100 Å². The third-order valence-electron chi connectivity index (χ3n) is 6.26. The second kappa shape index (κ2) is 10.1. The minimum absolute atomic E-state index is 0.155. The van der Waals surface area contributed by atoms with Crippen LogP contribution in [-0.2, 0) is 6.54 Å². The molecular formula is C28H24FN5O3. The monoisotopic (exact) mass is 497 g/mol. The van der Waals surface area contributed by atoms with Gasteiger partial charge in [0.15, 0.2) is 0 Å². The van der Waals surface area contributed by atoms with Crippen molar-refractivity contribution >= 4 is 17.6 Å². The summed E-state index contributed by atoms with van der Waals surface area (Å²) in [5, 5.41) is 16.8. The molecule has 0 radical (unpaired) electrons. The van der Waals surface area contributed by atoms with E-state index in [4.69, 9.17) is 5.10 Å². The van der Waals surface area contributed by atoms with E-state index in [0.717, 1.165) is 27.8 Å². The van der Waals surface area contributed by atoms with Crippen LogP contribution in [0, 0.1) is 5.82 Å². The molecule has 0 saturated carbocycles. The van der Waals surface area contributed by atoms with E-state index in [1.807, 2.05) is 42.6 Å². The van der Waals surface area contributed by atoms with Crippen LogP contribution in [0.5, 0.6) is 0 Å². The first-order valence-corrected chi connectivity index (χ1v) is 11.7. The van der Waals surface area contributed by atoms with Gasteiger partial charge in [0.1, 0.15) is 5.82 Å². The fourth-order valence-corrected chi connectivity index (χ4v) is 4.33. The van der Waals surface area contributed by atoms with Gasteiger partial charge in [-0.3, -0.25) is 14.5 Å². The van der Waals surface area contributed by atoms with E-state index >= 15 is 0 Å². The van der Waals surface area contributed by atoms with E-state index in [2.05, 4.69) is 10.3 Å². The van der Waals surface area contributed by atoms with Crippen LogP contribution in [0.15, 0.2) is 79.1 Å². The Morgan fingerprint density at radius 3 is 2.59 bits per heavy atom. The molecule has 2 amide bonds. The van der Waals surface area contributed by atoms with E-state index in [0.29, 0.717) is 30.0 Å². The van der Waals surface area contributed by atoms with Crippen LogP contribution in [0.4, 0.5) is 9.18 Å². The number of carboxylic acid groups (broad SMARTS) is 1. The van der Waals surface area contributed by atoms with Crippen LogP contribution in [0.25, 0.3) is 28.1 Å². The van der Waals surface area contributed by atoms with Crippen molar-refractivity contribution in [2.45, 2.75) is 6.54 Å². The van der Waals surface area contributed by atoms with E-state index in [-0.39, 0.29) is 18.3 Å². The van der Waals surface area contributed by atoms with Gasteiger partial charge in [0.25, 0.3) is 5.91 Å². The van der Waals surface area contributed by atoms with Gasteiger partial charge >= 0.3 is 6.09 Å². The normalized spacial score (nSPS) is 12.9. The molecule has 186 valence electrons. The Morgan fingerprint density at radius 1 is 1.05 bits per heavy atom. The molecular weight excluding hydrogens is 473 g/mol. The summed E-state index contributed by atoms with van der Waals surface area (Å²) >= 11 is 0. The van der Waals surface area contributed by atoms with Gasteiger partial charge in [0.2, 0.25) is 0 Å². The molecule has 4 aromatic rings. The van der Waals surface area contributed by atoms with Crippen LogP contribution in [0.1, 0.15) is 21.5 Å². The highest BCUT2D eigenvalue weighted by molar-refractivity contribution is 5.94. The number of benzene rings is 2. The quantitative estimate of drug-likeness (QED) is 0.408. The van der Waals surface area contributed by atoms with Crippen molar-refractivity contribution in [1.29, 1.82) is 0 Å². The maximum Gasteiger partial charge on any atom is 0.407 e. The lowest BCUT2D eigenvalue weighted by atomic mass is 9.98. The second-order valence-corrected chi connectivity index (χ2v) is 8.69. The molecule has 2 aromatic heterocycles. The predicted octanol–water partition coefficient (Wildman–Crippen LogP) is 4.54. The molecule has 0 fully saturated rings. The minimum atomic E-state index is -0.980. The van der Waals surface area contributed by atoms with Crippen molar-refractivity contribution in [2.75, 3.05) is 20.1 Å². The van der Waals surface area contributed by atoms with Gasteiger partial charge in [-0.1, -0.05) is 18.2 Å². The molecule has 1 aliphatic heterocycles. The standard InChI is InChI=1S/C28H24FN5O3/c1-30-27(35)20-4-2-3-18(13-20)16-34-12-10-25(32-34)23-14-26(19-5-7-22(29)8-6-19)31-15-24(23)21-9-11-33(17-21)28(36)37/h2-10,12-15H,11,16-17H2,1H3,(H,30,35)(H,36,37). The molecule has 0 saturated heterocycles. The predicted molar refractivity (Wildman–Crippen MR) is 137 cm³/mol. The van der Waals surface area contributed by atoms with Gasteiger partial charge < -0.3 is 15.3 Å². The molecule has 0 aliphatic carbocycles. The summed E-state index contributed by atoms with van der Waals surface area (Å²) in [6, 6.07) is 17.2. The van der Waals surface area contributed by atoms with Crippen molar-refractivity contribution in [2.24, 2.45) is 0 Å². The number of carbonyl (C=O) groups is 2. The van der Waals surface area contributed by atoms with Crippen LogP contribution in [-0.4, -0.2) is 56.9 Å². The Morgan fingerprint density at radius 2 is 1.86 bits per heavy atom. The van der Waals surface area contributed by atoms with E-state index in [9.17, 15) is 19.1 Å². The lowest BCUT2D eigenvalue weighted by molar-refractivity contribution is 0.0963. The second-order valence-electron chi connectivity index (χ2n) is 8.69. The average molecular weight is 498 g/mol. The third-order valence-corrected chi connectivity index (χ3v) is 6.26. The zero-order valence-electron chi connectivity index (χ0n) is 20.1. The summed E-state index contributed by atoms with van der Waals surface area (Å²) in [6.45, 7) is 1.03. The number of halogens is 1. The summed E-state index contributed by atoms with van der Waals surface area (Å²) in [5.41, 5.74) is 6.04. The number of hydrogen-bond donors (Lipinski definition) is 2. The van der Waals surface area contributed by atoms with Gasteiger partial charge in [-0.15, -0.1) is 0 Å². The lowest BCUT2D eigenvalue weighted by Crippen LogP contribution is -2.26. The maximum absolute atomic E-state index is 13.5. The number of carbonyl (C=O) groups excluding carboxylic acids is 1. The molecule has 2 aromatic carbocycles. The van der Waals surface area contributed by atoms with Crippen LogP contribution in [0.2, 0.25) is 0 Å². The molecule has 37 heavy (non-hydrogen) atoms. The first-order valence-electron chi connectivity index (χ1n) is 11.7. The largest absolute Gasteiger partial charge is 0.465 e. The van der Waals surface area contributed by atoms with E-state index < -0.39 is 6.09 Å². The summed E-state index contributed by atoms with van der Waals surface area (Å²) in [7, 11) is 1.59. The molecule has 8 nitrogen and oxygen atoms in total. The Kier molecular flexibility index (Phi) is 6.51. The number of nitrogens with one attached hydrogen (secondary N) is 1. The first kappa shape index (κ1) is 23.9. The number of pyridine rings is 1. The molecule has 0 bridgehead atoms. The minimum Gasteiger partial charge on any atom is -0.465 e. The van der Waals surface area contributed by atoms with Crippen molar-refractivity contribution in [3.63, 3.8) is 0 Å². The molecule has 0 atom stereocenters. The zero-order valence-corrected chi connectivity index (χ0v) is 20.1. The molecule has 5 rings (SSSR count). The lowest BCUT2D eigenvalue weighted by Gasteiger charge is -2.14. The maximum atomic E-state index is 13.5. The fourth-order valence-electron chi connectivity index (χ4n) is 4.33. The number of rotatable bonds is 6. The summed E-state index contributed by atoms with van der Waals surface area (Å²) in [4.78, 5) is 29.4. The summed E-state index contributed by atoms with van der Waals surface area (Å²) < 4.78 is 15.3. The summed E-state index contributed by atoms with van der Waals surface area (Å²) in [5.74, 6) is -0.484. The van der Waals surface area contributed by atoms with Crippen LogP contribution in [0.3, 0.4) is 0 Å². The van der Waals surface area contributed by atoms with Gasteiger partial charge in [-0.2, -0.15) is 5.10 Å². The molecule has 0 unspecified atom stereocenters. The number of nitrogens with zero attached hydrogens (tertiary/aromatic N) is 4. The first-order chi connectivity index (χ1) is 17.9. The third kappa shape index (κ3) is 5.11. The zero-order chi connectivity index (χ0) is 25.9.